The molecule has 0 saturated heterocycles. The number of aromatic hydroxyl groups is 2. The van der Waals surface area contributed by atoms with Gasteiger partial charge in [0.15, 0.2) is 11.5 Å². The molecule has 0 saturated carbocycles. The molecule has 0 aliphatic heterocycles. The van der Waals surface area contributed by atoms with Gasteiger partial charge in [-0.3, -0.25) is 9.36 Å². The number of imidazole rings is 1. The van der Waals surface area contributed by atoms with Gasteiger partial charge in [-0.25, -0.2) is 4.98 Å². The Kier molecular flexibility index (Phi) is 4.68. The topological polar surface area (TPSA) is 87.4 Å². The van der Waals surface area contributed by atoms with Crippen molar-refractivity contribution in [2.24, 2.45) is 0 Å². The van der Waals surface area contributed by atoms with Crippen molar-refractivity contribution in [1.82, 2.24) is 14.9 Å². The van der Waals surface area contributed by atoms with Crippen LogP contribution in [0.5, 0.6) is 11.5 Å². The highest BCUT2D eigenvalue weighted by Gasteiger charge is 2.08. The van der Waals surface area contributed by atoms with E-state index >= 15 is 0 Å². The average Bonchev–Trinajstić information content (AvgIpc) is 3.15. The summed E-state index contributed by atoms with van der Waals surface area (Å²) in [6, 6.07) is 19.9. The summed E-state index contributed by atoms with van der Waals surface area (Å²) in [5.74, 6) is -0.477. The first-order valence-electron chi connectivity index (χ1n) is 8.93. The molecule has 4 rings (SSSR count). The Morgan fingerprint density at radius 2 is 1.75 bits per heavy atom. The van der Waals surface area contributed by atoms with Gasteiger partial charge in [-0.15, -0.1) is 0 Å². The first-order valence-corrected chi connectivity index (χ1v) is 8.93. The number of benzene rings is 3. The Morgan fingerprint density at radius 3 is 2.54 bits per heavy atom. The van der Waals surface area contributed by atoms with Crippen LogP contribution in [0.2, 0.25) is 0 Å². The van der Waals surface area contributed by atoms with Crippen LogP contribution >= 0.6 is 0 Å². The van der Waals surface area contributed by atoms with Gasteiger partial charge in [0.2, 0.25) is 0 Å². The third-order valence-corrected chi connectivity index (χ3v) is 4.60. The Bertz CT molecular complexity index is 1130. The van der Waals surface area contributed by atoms with Crippen LogP contribution in [0.3, 0.4) is 0 Å². The maximum atomic E-state index is 12.3. The zero-order valence-electron chi connectivity index (χ0n) is 15.0. The summed E-state index contributed by atoms with van der Waals surface area (Å²) in [5, 5.41) is 21.7. The van der Waals surface area contributed by atoms with Crippen LogP contribution in [0, 0.1) is 0 Å². The second-order valence-electron chi connectivity index (χ2n) is 6.48. The van der Waals surface area contributed by atoms with Gasteiger partial charge in [0, 0.05) is 17.8 Å². The summed E-state index contributed by atoms with van der Waals surface area (Å²) in [6.45, 7) is 0.428. The summed E-state index contributed by atoms with van der Waals surface area (Å²) in [7, 11) is 0. The van der Waals surface area contributed by atoms with Crippen molar-refractivity contribution in [3.8, 4) is 17.2 Å². The molecule has 3 aromatic carbocycles. The normalized spacial score (nSPS) is 10.9. The SMILES string of the molecule is O=C(NCCc1ccc(O)c(O)c1)c1ccc(-n2cnc3ccccc32)cc1. The molecule has 4 aromatic rings. The third-order valence-electron chi connectivity index (χ3n) is 4.60. The van der Waals surface area contributed by atoms with Crippen molar-refractivity contribution < 1.29 is 15.0 Å². The van der Waals surface area contributed by atoms with E-state index in [9.17, 15) is 15.0 Å². The molecule has 0 atom stereocenters. The van der Waals surface area contributed by atoms with Crippen LogP contribution in [0.4, 0.5) is 0 Å². The van der Waals surface area contributed by atoms with E-state index in [2.05, 4.69) is 10.3 Å². The second kappa shape index (κ2) is 7.44. The lowest BCUT2D eigenvalue weighted by molar-refractivity contribution is 0.0954. The molecule has 1 heterocycles. The van der Waals surface area contributed by atoms with Gasteiger partial charge >= 0.3 is 0 Å². The number of phenolic OH excluding ortho intramolecular Hbond substituents is 2. The predicted molar refractivity (Wildman–Crippen MR) is 107 cm³/mol. The molecule has 0 unspecified atom stereocenters. The highest BCUT2D eigenvalue weighted by molar-refractivity contribution is 5.94. The number of hydrogen-bond donors (Lipinski definition) is 3. The van der Waals surface area contributed by atoms with Crippen molar-refractivity contribution in [2.45, 2.75) is 6.42 Å². The van der Waals surface area contributed by atoms with Crippen LogP contribution in [0.1, 0.15) is 15.9 Å². The number of hydrogen-bond acceptors (Lipinski definition) is 4. The summed E-state index contributed by atoms with van der Waals surface area (Å²) in [4.78, 5) is 16.7. The molecule has 6 heteroatoms. The molecule has 0 radical (unpaired) electrons. The number of para-hydroxylation sites is 2. The monoisotopic (exact) mass is 373 g/mol. The van der Waals surface area contributed by atoms with E-state index < -0.39 is 0 Å². The number of rotatable bonds is 5. The molecular weight excluding hydrogens is 354 g/mol. The zero-order chi connectivity index (χ0) is 19.5. The fraction of sp³-hybridized carbons (Fsp3) is 0.0909. The lowest BCUT2D eigenvalue weighted by Crippen LogP contribution is -2.25. The fourth-order valence-electron chi connectivity index (χ4n) is 3.09. The molecule has 28 heavy (non-hydrogen) atoms. The number of carbonyl (C=O) groups excluding carboxylic acids is 1. The van der Waals surface area contributed by atoms with Crippen LogP contribution in [-0.2, 0) is 6.42 Å². The van der Waals surface area contributed by atoms with E-state index in [1.807, 2.05) is 41.0 Å². The summed E-state index contributed by atoms with van der Waals surface area (Å²) >= 11 is 0. The van der Waals surface area contributed by atoms with Gasteiger partial charge in [0.1, 0.15) is 6.33 Å². The zero-order valence-corrected chi connectivity index (χ0v) is 15.0. The first kappa shape index (κ1) is 17.6. The van der Waals surface area contributed by atoms with Crippen LogP contribution in [-0.4, -0.2) is 32.2 Å². The maximum absolute atomic E-state index is 12.3. The minimum atomic E-state index is -0.162. The first-order chi connectivity index (χ1) is 13.6. The van der Waals surface area contributed by atoms with Crippen LogP contribution < -0.4 is 5.32 Å². The number of nitrogens with zero attached hydrogens (tertiary/aromatic N) is 2. The molecule has 0 fully saturated rings. The number of phenols is 2. The minimum absolute atomic E-state index is 0.154. The van der Waals surface area contributed by atoms with Crippen molar-refractivity contribution in [3.05, 3.63) is 84.2 Å². The van der Waals surface area contributed by atoms with E-state index in [0.29, 0.717) is 18.5 Å². The van der Waals surface area contributed by atoms with E-state index in [1.165, 1.54) is 12.1 Å². The molecule has 6 nitrogen and oxygen atoms in total. The third kappa shape index (κ3) is 3.53. The number of aromatic nitrogens is 2. The Labute approximate surface area is 161 Å². The number of carbonyl (C=O) groups is 1. The van der Waals surface area contributed by atoms with E-state index in [4.69, 9.17) is 0 Å². The molecule has 0 aliphatic rings. The van der Waals surface area contributed by atoms with Crippen molar-refractivity contribution in [2.75, 3.05) is 6.54 Å². The number of fused-ring (bicyclic) bond motifs is 1. The van der Waals surface area contributed by atoms with Gasteiger partial charge < -0.3 is 15.5 Å². The highest BCUT2D eigenvalue weighted by Crippen LogP contribution is 2.25. The Hall–Kier alpha value is -3.80. The lowest BCUT2D eigenvalue weighted by Gasteiger charge is -2.08. The van der Waals surface area contributed by atoms with E-state index in [-0.39, 0.29) is 17.4 Å². The minimum Gasteiger partial charge on any atom is -0.504 e. The van der Waals surface area contributed by atoms with Crippen LogP contribution in [0.25, 0.3) is 16.7 Å². The quantitative estimate of drug-likeness (QED) is 0.468. The molecule has 0 aliphatic carbocycles. The largest absolute Gasteiger partial charge is 0.504 e. The number of amides is 1. The van der Waals surface area contributed by atoms with E-state index in [1.54, 1.807) is 24.5 Å². The molecule has 1 aromatic heterocycles. The average molecular weight is 373 g/mol. The maximum Gasteiger partial charge on any atom is 0.251 e. The predicted octanol–water partition coefficient (Wildman–Crippen LogP) is 3.41. The smallest absolute Gasteiger partial charge is 0.251 e. The fourth-order valence-corrected chi connectivity index (χ4v) is 3.09. The lowest BCUT2D eigenvalue weighted by atomic mass is 10.1. The summed E-state index contributed by atoms with van der Waals surface area (Å²) < 4.78 is 1.98. The van der Waals surface area contributed by atoms with Crippen molar-refractivity contribution in [3.63, 3.8) is 0 Å². The molecule has 0 spiro atoms. The van der Waals surface area contributed by atoms with Gasteiger partial charge in [-0.2, -0.15) is 0 Å². The van der Waals surface area contributed by atoms with E-state index in [0.717, 1.165) is 22.3 Å². The van der Waals surface area contributed by atoms with Crippen LogP contribution in [0.15, 0.2) is 73.1 Å². The Morgan fingerprint density at radius 1 is 0.964 bits per heavy atom. The highest BCUT2D eigenvalue weighted by atomic mass is 16.3. The van der Waals surface area contributed by atoms with Gasteiger partial charge in [0.05, 0.1) is 11.0 Å². The molecule has 1 amide bonds. The standard InChI is InChI=1S/C22H19N3O3/c26-20-10-5-15(13-21(20)27)11-12-23-22(28)16-6-8-17(9-7-16)25-14-24-18-3-1-2-4-19(18)25/h1-10,13-14,26-27H,11-12H2,(H,23,28). The molecule has 3 N–H and O–H groups in total. The molecular formula is C22H19N3O3. The Balaban J connectivity index is 1.40. The van der Waals surface area contributed by atoms with Crippen molar-refractivity contribution >= 4 is 16.9 Å². The molecule has 140 valence electrons. The second-order valence-corrected chi connectivity index (χ2v) is 6.48. The van der Waals surface area contributed by atoms with Gasteiger partial charge in [0.25, 0.3) is 5.91 Å². The summed E-state index contributed by atoms with van der Waals surface area (Å²) in [6.07, 6.45) is 2.32. The molecule has 0 bridgehead atoms. The van der Waals surface area contributed by atoms with Gasteiger partial charge in [-0.05, 0) is 60.5 Å². The van der Waals surface area contributed by atoms with Gasteiger partial charge in [-0.1, -0.05) is 18.2 Å². The van der Waals surface area contributed by atoms with Crippen molar-refractivity contribution in [1.29, 1.82) is 0 Å². The summed E-state index contributed by atoms with van der Waals surface area (Å²) in [5.41, 5.74) is 4.27. The number of nitrogens with one attached hydrogen (secondary N) is 1.